The average molecular weight is 939 g/mol. The molecule has 7 amide bonds. The Hall–Kier alpha value is -7.15. The molecule has 11 N–H and O–H groups in total. The quantitative estimate of drug-likeness (QED) is 0.0442. The molecule has 5 unspecified atom stereocenters. The maximum atomic E-state index is 14.3. The van der Waals surface area contributed by atoms with Gasteiger partial charge in [-0.1, -0.05) is 61.0 Å². The number of benzene rings is 4. The summed E-state index contributed by atoms with van der Waals surface area (Å²) in [6.45, 7) is 1.40. The van der Waals surface area contributed by atoms with Crippen LogP contribution in [-0.4, -0.2) is 119 Å². The van der Waals surface area contributed by atoms with Gasteiger partial charge in [0.05, 0.1) is 12.6 Å². The van der Waals surface area contributed by atoms with Crippen molar-refractivity contribution in [1.82, 2.24) is 25.8 Å². The monoisotopic (exact) mass is 938 g/mol. The molecule has 0 bridgehead atoms. The number of phenols is 1. The van der Waals surface area contributed by atoms with Crippen molar-refractivity contribution in [2.45, 2.75) is 75.7 Å². The molecule has 1 saturated heterocycles. The molecule has 354 valence electrons. The van der Waals surface area contributed by atoms with Gasteiger partial charge in [-0.05, 0) is 103 Å². The van der Waals surface area contributed by atoms with Crippen LogP contribution in [0.2, 0.25) is 5.02 Å². The third-order valence-electron chi connectivity index (χ3n) is 11.6. The number of unbranched alkanes of at least 4 members (excludes halogenated alkanes) is 1. The number of aromatic hydroxyl groups is 1. The summed E-state index contributed by atoms with van der Waals surface area (Å²) in [5, 5.41) is 29.8. The van der Waals surface area contributed by atoms with E-state index in [1.807, 2.05) is 12.1 Å². The smallest absolute Gasteiger partial charge is 0.251 e. The van der Waals surface area contributed by atoms with Crippen molar-refractivity contribution >= 4 is 59.2 Å². The number of carbonyl (C=O) groups excluding carboxylic acids is 8. The predicted octanol–water partition coefficient (Wildman–Crippen LogP) is 2.11. The molecule has 0 aliphatic carbocycles. The van der Waals surface area contributed by atoms with Crippen LogP contribution in [0.4, 0.5) is 0 Å². The fourth-order valence-electron chi connectivity index (χ4n) is 7.93. The van der Waals surface area contributed by atoms with E-state index in [1.165, 1.54) is 43.4 Å². The van der Waals surface area contributed by atoms with Crippen molar-refractivity contribution in [1.29, 1.82) is 0 Å². The van der Waals surface area contributed by atoms with Gasteiger partial charge in [-0.2, -0.15) is 0 Å². The van der Waals surface area contributed by atoms with Gasteiger partial charge in [-0.3, -0.25) is 38.4 Å². The number of likely N-dealkylation sites (tertiary alicyclic amines) is 1. The van der Waals surface area contributed by atoms with Crippen molar-refractivity contribution in [3.8, 4) is 28.0 Å². The number of hydrogen-bond donors (Lipinski definition) is 8. The second-order valence-electron chi connectivity index (χ2n) is 16.2. The number of nitrogens with zero attached hydrogens (tertiary/aromatic N) is 2. The van der Waals surface area contributed by atoms with Crippen LogP contribution >= 0.6 is 11.6 Å². The summed E-state index contributed by atoms with van der Waals surface area (Å²) in [6.07, 6.45) is 0.563. The Morgan fingerprint density at radius 3 is 2.16 bits per heavy atom. The first kappa shape index (κ1) is 50.8. The minimum atomic E-state index is -1.42. The van der Waals surface area contributed by atoms with Crippen LogP contribution in [0.3, 0.4) is 0 Å². The molecule has 1 heterocycles. The lowest BCUT2D eigenvalue weighted by Gasteiger charge is -2.30. The molecule has 1 fully saturated rings. The Kier molecular flexibility index (Phi) is 17.7. The van der Waals surface area contributed by atoms with Crippen LogP contribution in [-0.2, 0) is 35.2 Å². The summed E-state index contributed by atoms with van der Waals surface area (Å²) in [5.74, 6) is -5.21. The fourth-order valence-corrected chi connectivity index (χ4v) is 8.06. The molecule has 67 heavy (non-hydrogen) atoms. The van der Waals surface area contributed by atoms with Gasteiger partial charge in [0.25, 0.3) is 5.91 Å². The predicted molar refractivity (Wildman–Crippen MR) is 249 cm³/mol. The highest BCUT2D eigenvalue weighted by Gasteiger charge is 2.40. The number of primary amides is 2. The van der Waals surface area contributed by atoms with Gasteiger partial charge >= 0.3 is 0 Å². The largest absolute Gasteiger partial charge is 0.507 e. The minimum Gasteiger partial charge on any atom is -0.507 e. The SMILES string of the molecule is CCC(=O)NC(Cc1ccc(O)c(-c2cc(C(C(N)=O)N(C)C(=O)C(CCCCN)NC(=O)c3ccc(-c4ccc(Cl)cc4)cc3)ccc2C=O)c1)C(=O)NCC(=O)N1CCC(O)C1C(N)=O. The van der Waals surface area contributed by atoms with Gasteiger partial charge in [0.2, 0.25) is 35.4 Å². The number of nitrogens with two attached hydrogens (primary N) is 3. The summed E-state index contributed by atoms with van der Waals surface area (Å²) in [7, 11) is 1.36. The lowest BCUT2D eigenvalue weighted by Crippen LogP contribution is -2.53. The Labute approximate surface area is 392 Å². The topological polar surface area (TPSA) is 298 Å². The van der Waals surface area contributed by atoms with E-state index >= 15 is 0 Å². The summed E-state index contributed by atoms with van der Waals surface area (Å²) >= 11 is 6.03. The Balaban J connectivity index is 1.39. The fraction of sp³-hybridized carbons (Fsp3) is 0.333. The van der Waals surface area contributed by atoms with E-state index in [9.17, 15) is 48.6 Å². The highest BCUT2D eigenvalue weighted by Crippen LogP contribution is 2.35. The van der Waals surface area contributed by atoms with Crippen LogP contribution in [0.1, 0.15) is 76.9 Å². The Morgan fingerprint density at radius 1 is 0.881 bits per heavy atom. The highest BCUT2D eigenvalue weighted by molar-refractivity contribution is 6.30. The molecule has 5 rings (SSSR count). The van der Waals surface area contributed by atoms with Crippen molar-refractivity contribution < 1.29 is 48.6 Å². The normalized spacial score (nSPS) is 15.7. The molecule has 4 aromatic rings. The molecule has 1 aliphatic heterocycles. The number of phenolic OH excluding ortho intramolecular Hbond substituents is 1. The van der Waals surface area contributed by atoms with Crippen LogP contribution in [0.15, 0.2) is 84.9 Å². The van der Waals surface area contributed by atoms with E-state index in [0.29, 0.717) is 36.3 Å². The molecular weight excluding hydrogens is 884 g/mol. The third-order valence-corrected chi connectivity index (χ3v) is 11.8. The van der Waals surface area contributed by atoms with Crippen molar-refractivity contribution in [2.24, 2.45) is 17.2 Å². The van der Waals surface area contributed by atoms with Gasteiger partial charge in [-0.15, -0.1) is 0 Å². The zero-order valence-electron chi connectivity index (χ0n) is 37.1. The minimum absolute atomic E-state index is 0.0173. The molecule has 0 aromatic heterocycles. The summed E-state index contributed by atoms with van der Waals surface area (Å²) in [4.78, 5) is 107. The molecule has 19 heteroatoms. The van der Waals surface area contributed by atoms with Gasteiger partial charge in [-0.25, -0.2) is 0 Å². The summed E-state index contributed by atoms with van der Waals surface area (Å²) in [5.41, 5.74) is 20.0. The summed E-state index contributed by atoms with van der Waals surface area (Å²) < 4.78 is 0. The van der Waals surface area contributed by atoms with E-state index < -0.39 is 78.2 Å². The molecule has 1 aliphatic rings. The highest BCUT2D eigenvalue weighted by atomic mass is 35.5. The molecule has 4 aromatic carbocycles. The third kappa shape index (κ3) is 12.8. The maximum absolute atomic E-state index is 14.3. The number of aliphatic hydroxyl groups excluding tert-OH is 1. The zero-order chi connectivity index (χ0) is 48.9. The number of likely N-dealkylation sites (N-methyl/N-ethyl adjacent to an activating group) is 1. The van der Waals surface area contributed by atoms with Crippen molar-refractivity contribution in [2.75, 3.05) is 26.7 Å². The van der Waals surface area contributed by atoms with E-state index in [-0.39, 0.29) is 65.8 Å². The van der Waals surface area contributed by atoms with Crippen molar-refractivity contribution in [3.63, 3.8) is 0 Å². The maximum Gasteiger partial charge on any atom is 0.251 e. The first-order chi connectivity index (χ1) is 32.0. The number of aliphatic hydroxyl groups is 1. The molecule has 0 spiro atoms. The second kappa shape index (κ2) is 23.3. The molecule has 0 radical (unpaired) electrons. The lowest BCUT2D eigenvalue weighted by atomic mass is 9.91. The van der Waals surface area contributed by atoms with Gasteiger partial charge in [0, 0.05) is 48.1 Å². The van der Waals surface area contributed by atoms with E-state index in [4.69, 9.17) is 28.8 Å². The number of rotatable bonds is 21. The number of amides is 7. The number of nitrogens with one attached hydrogen (secondary N) is 3. The Morgan fingerprint density at radius 2 is 1.55 bits per heavy atom. The number of carbonyl (C=O) groups is 8. The molecule has 18 nitrogen and oxygen atoms in total. The van der Waals surface area contributed by atoms with Crippen LogP contribution in [0.5, 0.6) is 5.75 Å². The van der Waals surface area contributed by atoms with Crippen LogP contribution < -0.4 is 33.2 Å². The Bertz CT molecular complexity index is 2490. The second-order valence-corrected chi connectivity index (χ2v) is 16.6. The lowest BCUT2D eigenvalue weighted by molar-refractivity contribution is -0.139. The van der Waals surface area contributed by atoms with Gasteiger partial charge in [0.15, 0.2) is 6.29 Å². The average Bonchev–Trinajstić information content (AvgIpc) is 3.72. The zero-order valence-corrected chi connectivity index (χ0v) is 37.8. The van der Waals surface area contributed by atoms with Crippen LogP contribution in [0, 0.1) is 0 Å². The van der Waals surface area contributed by atoms with Gasteiger partial charge < -0.3 is 53.2 Å². The number of aldehydes is 1. The molecule has 0 saturated carbocycles. The van der Waals surface area contributed by atoms with Gasteiger partial charge in [0.1, 0.15) is 29.9 Å². The molecular formula is C48H55ClN8O10. The van der Waals surface area contributed by atoms with Crippen molar-refractivity contribution in [3.05, 3.63) is 112 Å². The standard InChI is InChI=1S/C48H55ClN8O10/c1-3-40(61)54-37(47(66)53-25-41(62)57-21-19-39(60)43(57)45(52)64)23-27-7-18-38(59)35(22-27)34-24-31(12-13-32(34)26-58)42(44(51)63)56(2)48(67)36(6-4-5-20-50)55-46(65)30-10-8-28(9-11-30)29-14-16-33(49)17-15-29/h7-18,22,24,26,36-37,39,42-43,59-60H,3-6,19-21,23,25,50H2,1-2H3,(H2,51,63)(H2,52,64)(H,53,66)(H,54,61)(H,55,65). The first-order valence-corrected chi connectivity index (χ1v) is 22.0. The van der Waals surface area contributed by atoms with Crippen LogP contribution in [0.25, 0.3) is 22.3 Å². The number of halogens is 1. The van der Waals surface area contributed by atoms with E-state index in [1.54, 1.807) is 43.3 Å². The molecule has 5 atom stereocenters. The summed E-state index contributed by atoms with van der Waals surface area (Å²) in [6, 6.07) is 17.5. The van der Waals surface area contributed by atoms with E-state index in [2.05, 4.69) is 16.0 Å². The number of hydrogen-bond acceptors (Lipinski definition) is 11. The first-order valence-electron chi connectivity index (χ1n) is 21.7. The van der Waals surface area contributed by atoms with E-state index in [0.717, 1.165) is 20.9 Å².